The lowest BCUT2D eigenvalue weighted by Gasteiger charge is -2.08. The Balaban J connectivity index is 1.88. The average Bonchev–Trinajstić information content (AvgIpc) is 2.43. The highest BCUT2D eigenvalue weighted by Crippen LogP contribution is 2.19. The monoisotopic (exact) mass is 336 g/mol. The van der Waals surface area contributed by atoms with E-state index in [9.17, 15) is 9.18 Å². The average molecular weight is 337 g/mol. The van der Waals surface area contributed by atoms with Crippen molar-refractivity contribution >= 4 is 33.2 Å². The quantitative estimate of drug-likeness (QED) is 0.887. The maximum atomic E-state index is 13.3. The zero-order valence-corrected chi connectivity index (χ0v) is 12.5. The van der Waals surface area contributed by atoms with Crippen LogP contribution in [0.3, 0.4) is 0 Å². The number of carbonyl (C=O) groups is 1. The molecule has 2 aromatic carbocycles. The van der Waals surface area contributed by atoms with Gasteiger partial charge in [0.1, 0.15) is 5.82 Å². The molecule has 0 aliphatic rings. The molecule has 0 saturated heterocycles. The lowest BCUT2D eigenvalue weighted by Crippen LogP contribution is -2.21. The number of rotatable bonds is 4. The Morgan fingerprint density at radius 1 is 1.15 bits per heavy atom. The minimum atomic E-state index is -0.367. The summed E-state index contributed by atoms with van der Waals surface area (Å²) in [5.74, 6) is -0.550. The van der Waals surface area contributed by atoms with Crippen molar-refractivity contribution in [1.29, 1.82) is 0 Å². The molecule has 5 heteroatoms. The van der Waals surface area contributed by atoms with Crippen molar-refractivity contribution in [2.75, 3.05) is 17.2 Å². The number of nitrogens with one attached hydrogen (secondary N) is 2. The van der Waals surface area contributed by atoms with Gasteiger partial charge in [-0.25, -0.2) is 4.39 Å². The summed E-state index contributed by atoms with van der Waals surface area (Å²) in [6, 6.07) is 12.2. The first-order chi connectivity index (χ1) is 9.54. The van der Waals surface area contributed by atoms with Crippen LogP contribution in [0.1, 0.15) is 5.56 Å². The van der Waals surface area contributed by atoms with E-state index in [1.807, 2.05) is 31.2 Å². The van der Waals surface area contributed by atoms with Crippen LogP contribution >= 0.6 is 15.9 Å². The second-order valence-corrected chi connectivity index (χ2v) is 5.25. The SMILES string of the molecule is Cc1ccc(NC(=O)CNc2ccc(Br)c(F)c2)cc1. The molecule has 0 atom stereocenters. The molecule has 0 heterocycles. The first-order valence-corrected chi connectivity index (χ1v) is 6.89. The van der Waals surface area contributed by atoms with Crippen LogP contribution in [0.4, 0.5) is 15.8 Å². The van der Waals surface area contributed by atoms with E-state index in [2.05, 4.69) is 26.6 Å². The topological polar surface area (TPSA) is 41.1 Å². The molecule has 2 rings (SSSR count). The molecule has 0 bridgehead atoms. The van der Waals surface area contributed by atoms with Crippen LogP contribution < -0.4 is 10.6 Å². The highest BCUT2D eigenvalue weighted by atomic mass is 79.9. The number of aryl methyl sites for hydroxylation is 1. The minimum Gasteiger partial charge on any atom is -0.376 e. The van der Waals surface area contributed by atoms with Gasteiger partial charge in [-0.3, -0.25) is 4.79 Å². The van der Waals surface area contributed by atoms with Crippen LogP contribution in [0, 0.1) is 12.7 Å². The largest absolute Gasteiger partial charge is 0.376 e. The summed E-state index contributed by atoms with van der Waals surface area (Å²) >= 11 is 3.08. The summed E-state index contributed by atoms with van der Waals surface area (Å²) < 4.78 is 13.7. The zero-order chi connectivity index (χ0) is 14.5. The number of benzene rings is 2. The van der Waals surface area contributed by atoms with Crippen LogP contribution in [0.5, 0.6) is 0 Å². The molecule has 0 spiro atoms. The van der Waals surface area contributed by atoms with E-state index in [-0.39, 0.29) is 18.3 Å². The number of hydrogen-bond acceptors (Lipinski definition) is 2. The normalized spacial score (nSPS) is 10.2. The third-order valence-corrected chi connectivity index (χ3v) is 3.35. The predicted octanol–water partition coefficient (Wildman–Crippen LogP) is 3.95. The molecule has 0 aromatic heterocycles. The Hall–Kier alpha value is -1.88. The third kappa shape index (κ3) is 4.06. The van der Waals surface area contributed by atoms with Crippen molar-refractivity contribution in [3.63, 3.8) is 0 Å². The summed E-state index contributed by atoms with van der Waals surface area (Å²) in [6.45, 7) is 2.06. The Kier molecular flexibility index (Phi) is 4.74. The molecule has 20 heavy (non-hydrogen) atoms. The zero-order valence-electron chi connectivity index (χ0n) is 10.9. The van der Waals surface area contributed by atoms with Crippen molar-refractivity contribution in [1.82, 2.24) is 0 Å². The van der Waals surface area contributed by atoms with Gasteiger partial charge in [-0.2, -0.15) is 0 Å². The standard InChI is InChI=1S/C15H14BrFN2O/c1-10-2-4-11(5-3-10)19-15(20)9-18-12-6-7-13(16)14(17)8-12/h2-8,18H,9H2,1H3,(H,19,20). The number of hydrogen-bond donors (Lipinski definition) is 2. The van der Waals surface area contributed by atoms with Gasteiger partial charge in [0.05, 0.1) is 11.0 Å². The van der Waals surface area contributed by atoms with Gasteiger partial charge >= 0.3 is 0 Å². The van der Waals surface area contributed by atoms with Crippen molar-refractivity contribution in [2.24, 2.45) is 0 Å². The summed E-state index contributed by atoms with van der Waals surface area (Å²) in [4.78, 5) is 11.7. The van der Waals surface area contributed by atoms with Crippen molar-refractivity contribution in [2.45, 2.75) is 6.92 Å². The summed E-state index contributed by atoms with van der Waals surface area (Å²) in [5.41, 5.74) is 2.43. The summed E-state index contributed by atoms with van der Waals surface area (Å²) in [5, 5.41) is 5.63. The maximum absolute atomic E-state index is 13.3. The second kappa shape index (κ2) is 6.52. The highest BCUT2D eigenvalue weighted by molar-refractivity contribution is 9.10. The van der Waals surface area contributed by atoms with Crippen molar-refractivity contribution in [3.05, 3.63) is 58.3 Å². The molecular formula is C15H14BrFN2O. The van der Waals surface area contributed by atoms with E-state index in [4.69, 9.17) is 0 Å². The van der Waals surface area contributed by atoms with E-state index >= 15 is 0 Å². The summed E-state index contributed by atoms with van der Waals surface area (Å²) in [7, 11) is 0. The number of anilines is 2. The van der Waals surface area contributed by atoms with Crippen LogP contribution in [0.15, 0.2) is 46.9 Å². The number of carbonyl (C=O) groups excluding carboxylic acids is 1. The molecule has 0 aliphatic carbocycles. The molecule has 104 valence electrons. The molecule has 0 radical (unpaired) electrons. The van der Waals surface area contributed by atoms with E-state index in [0.29, 0.717) is 10.2 Å². The van der Waals surface area contributed by atoms with Crippen LogP contribution in [-0.4, -0.2) is 12.5 Å². The first-order valence-electron chi connectivity index (χ1n) is 6.10. The molecule has 2 aromatic rings. The van der Waals surface area contributed by atoms with E-state index in [1.165, 1.54) is 6.07 Å². The van der Waals surface area contributed by atoms with Crippen LogP contribution in [0.25, 0.3) is 0 Å². The fraction of sp³-hybridized carbons (Fsp3) is 0.133. The first kappa shape index (κ1) is 14.5. The maximum Gasteiger partial charge on any atom is 0.243 e. The smallest absolute Gasteiger partial charge is 0.243 e. The van der Waals surface area contributed by atoms with Gasteiger partial charge in [0, 0.05) is 11.4 Å². The third-order valence-electron chi connectivity index (χ3n) is 2.71. The number of halogens is 2. The van der Waals surface area contributed by atoms with Crippen LogP contribution in [0.2, 0.25) is 0 Å². The lowest BCUT2D eigenvalue weighted by molar-refractivity contribution is -0.114. The second-order valence-electron chi connectivity index (χ2n) is 4.40. The van der Waals surface area contributed by atoms with E-state index in [0.717, 1.165) is 11.3 Å². The predicted molar refractivity (Wildman–Crippen MR) is 82.4 cm³/mol. The molecule has 2 N–H and O–H groups in total. The molecular weight excluding hydrogens is 323 g/mol. The van der Waals surface area contributed by atoms with E-state index < -0.39 is 0 Å². The molecule has 0 aliphatic heterocycles. The van der Waals surface area contributed by atoms with E-state index in [1.54, 1.807) is 12.1 Å². The Morgan fingerprint density at radius 3 is 2.45 bits per heavy atom. The molecule has 1 amide bonds. The van der Waals surface area contributed by atoms with Crippen LogP contribution in [-0.2, 0) is 4.79 Å². The molecule has 0 saturated carbocycles. The Bertz CT molecular complexity index is 614. The van der Waals surface area contributed by atoms with Crippen molar-refractivity contribution < 1.29 is 9.18 Å². The fourth-order valence-corrected chi connectivity index (χ4v) is 1.88. The minimum absolute atomic E-state index is 0.0783. The Morgan fingerprint density at radius 2 is 1.80 bits per heavy atom. The van der Waals surface area contributed by atoms with Gasteiger partial charge in [-0.05, 0) is 53.2 Å². The number of amides is 1. The van der Waals surface area contributed by atoms with Crippen molar-refractivity contribution in [3.8, 4) is 0 Å². The fourth-order valence-electron chi connectivity index (χ4n) is 1.63. The Labute approximate surface area is 125 Å². The van der Waals surface area contributed by atoms with Gasteiger partial charge in [0.25, 0.3) is 0 Å². The summed E-state index contributed by atoms with van der Waals surface area (Å²) in [6.07, 6.45) is 0. The molecule has 0 fully saturated rings. The lowest BCUT2D eigenvalue weighted by atomic mass is 10.2. The van der Waals surface area contributed by atoms with Gasteiger partial charge in [-0.1, -0.05) is 17.7 Å². The molecule has 3 nitrogen and oxygen atoms in total. The molecule has 0 unspecified atom stereocenters. The van der Waals surface area contributed by atoms with Gasteiger partial charge in [0.15, 0.2) is 0 Å². The van der Waals surface area contributed by atoms with Gasteiger partial charge in [0.2, 0.25) is 5.91 Å². The van der Waals surface area contributed by atoms with Gasteiger partial charge < -0.3 is 10.6 Å². The van der Waals surface area contributed by atoms with Gasteiger partial charge in [-0.15, -0.1) is 0 Å². The highest BCUT2D eigenvalue weighted by Gasteiger charge is 2.04.